The molecule has 9 heavy (non-hydrogen) atoms. The molecule has 0 amide bonds. The number of ketones is 1. The van der Waals surface area contributed by atoms with E-state index in [-0.39, 0.29) is 11.8 Å². The van der Waals surface area contributed by atoms with Crippen molar-refractivity contribution in [3.05, 3.63) is 0 Å². The molecular formula is C6H10BrNO. The zero-order valence-corrected chi connectivity index (χ0v) is 6.78. The zero-order chi connectivity index (χ0) is 6.69. The summed E-state index contributed by atoms with van der Waals surface area (Å²) >= 11 is 3.14. The Kier molecular flexibility index (Phi) is 2.66. The molecular weight excluding hydrogens is 182 g/mol. The van der Waals surface area contributed by atoms with Gasteiger partial charge in [0.05, 0.1) is 11.4 Å². The van der Waals surface area contributed by atoms with Crippen molar-refractivity contribution >= 4 is 21.7 Å². The van der Waals surface area contributed by atoms with Gasteiger partial charge < -0.3 is 5.32 Å². The lowest BCUT2D eigenvalue weighted by molar-refractivity contribution is -0.118. The molecule has 0 aromatic rings. The fraction of sp³-hybridized carbons (Fsp3) is 0.833. The van der Waals surface area contributed by atoms with Gasteiger partial charge in [0.1, 0.15) is 0 Å². The van der Waals surface area contributed by atoms with E-state index in [1.807, 2.05) is 0 Å². The van der Waals surface area contributed by atoms with Crippen LogP contribution in [0.3, 0.4) is 0 Å². The van der Waals surface area contributed by atoms with Gasteiger partial charge in [0, 0.05) is 0 Å². The van der Waals surface area contributed by atoms with E-state index in [0.29, 0.717) is 5.33 Å². The number of carbonyl (C=O) groups is 1. The van der Waals surface area contributed by atoms with E-state index in [1.54, 1.807) is 0 Å². The fourth-order valence-corrected chi connectivity index (χ4v) is 1.44. The monoisotopic (exact) mass is 191 g/mol. The molecule has 0 aliphatic carbocycles. The molecule has 0 saturated carbocycles. The molecule has 0 bridgehead atoms. The van der Waals surface area contributed by atoms with Crippen LogP contribution in [0.25, 0.3) is 0 Å². The highest BCUT2D eigenvalue weighted by atomic mass is 79.9. The topological polar surface area (TPSA) is 29.1 Å². The van der Waals surface area contributed by atoms with Crippen molar-refractivity contribution in [3.8, 4) is 0 Å². The van der Waals surface area contributed by atoms with Gasteiger partial charge in [-0.2, -0.15) is 0 Å². The van der Waals surface area contributed by atoms with Crippen molar-refractivity contribution in [2.75, 3.05) is 11.9 Å². The summed E-state index contributed by atoms with van der Waals surface area (Å²) in [5.41, 5.74) is 0. The number of hydrogen-bond donors (Lipinski definition) is 1. The average Bonchev–Trinajstić information content (AvgIpc) is 2.37. The number of halogens is 1. The van der Waals surface area contributed by atoms with Crippen LogP contribution in [-0.4, -0.2) is 23.7 Å². The van der Waals surface area contributed by atoms with E-state index in [1.165, 1.54) is 0 Å². The minimum atomic E-state index is 0.143. The normalized spacial score (nSPS) is 26.6. The molecule has 1 N–H and O–H groups in total. The number of nitrogens with one attached hydrogen (secondary N) is 1. The van der Waals surface area contributed by atoms with Crippen LogP contribution >= 0.6 is 15.9 Å². The number of Topliss-reactive ketones (excluding diaryl/α,β-unsaturated/α-hetero) is 1. The molecule has 0 unspecified atom stereocenters. The van der Waals surface area contributed by atoms with E-state index < -0.39 is 0 Å². The summed E-state index contributed by atoms with van der Waals surface area (Å²) < 4.78 is 0. The molecule has 3 heteroatoms. The predicted octanol–water partition coefficient (Wildman–Crippen LogP) is 0.702. The number of hydrogen-bond acceptors (Lipinski definition) is 2. The zero-order valence-electron chi connectivity index (χ0n) is 5.19. The minimum absolute atomic E-state index is 0.143. The second kappa shape index (κ2) is 3.32. The summed E-state index contributed by atoms with van der Waals surface area (Å²) in [5.74, 6) is 0.285. The summed E-state index contributed by atoms with van der Waals surface area (Å²) in [6, 6.07) is 0.143. The van der Waals surface area contributed by atoms with Gasteiger partial charge in [0.2, 0.25) is 0 Å². The molecule has 0 spiro atoms. The fourth-order valence-electron chi connectivity index (χ4n) is 1.05. The molecule has 0 aromatic heterocycles. The third kappa shape index (κ3) is 1.76. The number of carbonyl (C=O) groups excluding carboxylic acids is 1. The third-order valence-electron chi connectivity index (χ3n) is 1.58. The molecule has 0 radical (unpaired) electrons. The summed E-state index contributed by atoms with van der Waals surface area (Å²) in [6.45, 7) is 1.00. The maximum Gasteiger partial charge on any atom is 0.160 e. The predicted molar refractivity (Wildman–Crippen MR) is 39.8 cm³/mol. The number of rotatable bonds is 2. The van der Waals surface area contributed by atoms with Crippen molar-refractivity contribution in [1.82, 2.24) is 5.32 Å². The van der Waals surface area contributed by atoms with Crippen LogP contribution in [0.2, 0.25) is 0 Å². The van der Waals surface area contributed by atoms with Crippen LogP contribution < -0.4 is 5.32 Å². The van der Waals surface area contributed by atoms with Crippen LogP contribution in [0.15, 0.2) is 0 Å². The van der Waals surface area contributed by atoms with Gasteiger partial charge >= 0.3 is 0 Å². The Bertz CT molecular complexity index is 110. The SMILES string of the molecule is O=C(CBr)[C@@H]1CCCN1. The van der Waals surface area contributed by atoms with E-state index >= 15 is 0 Å². The smallest absolute Gasteiger partial charge is 0.160 e. The van der Waals surface area contributed by atoms with Gasteiger partial charge in [-0.3, -0.25) is 4.79 Å². The van der Waals surface area contributed by atoms with Gasteiger partial charge in [-0.1, -0.05) is 15.9 Å². The molecule has 0 aromatic carbocycles. The molecule has 1 atom stereocenters. The van der Waals surface area contributed by atoms with Crippen LogP contribution in [0.1, 0.15) is 12.8 Å². The van der Waals surface area contributed by atoms with Gasteiger partial charge in [0.15, 0.2) is 5.78 Å². The summed E-state index contributed by atoms with van der Waals surface area (Å²) in [6.07, 6.45) is 2.16. The van der Waals surface area contributed by atoms with E-state index in [9.17, 15) is 4.79 Å². The maximum absolute atomic E-state index is 10.9. The van der Waals surface area contributed by atoms with E-state index in [0.717, 1.165) is 19.4 Å². The highest BCUT2D eigenvalue weighted by Crippen LogP contribution is 2.06. The van der Waals surface area contributed by atoms with Crippen LogP contribution in [-0.2, 0) is 4.79 Å². The molecule has 52 valence electrons. The first kappa shape index (κ1) is 7.22. The lowest BCUT2D eigenvalue weighted by atomic mass is 10.2. The van der Waals surface area contributed by atoms with Crippen LogP contribution in [0.4, 0.5) is 0 Å². The van der Waals surface area contributed by atoms with Crippen molar-refractivity contribution in [3.63, 3.8) is 0 Å². The van der Waals surface area contributed by atoms with Gasteiger partial charge in [-0.05, 0) is 19.4 Å². The Morgan fingerprint density at radius 2 is 2.56 bits per heavy atom. The van der Waals surface area contributed by atoms with Gasteiger partial charge in [0.25, 0.3) is 0 Å². The highest BCUT2D eigenvalue weighted by Gasteiger charge is 2.19. The quantitative estimate of drug-likeness (QED) is 0.652. The molecule has 1 rings (SSSR count). The molecule has 1 heterocycles. The lowest BCUT2D eigenvalue weighted by Gasteiger charge is -2.03. The van der Waals surface area contributed by atoms with Gasteiger partial charge in [-0.15, -0.1) is 0 Å². The Balaban J connectivity index is 2.32. The second-order valence-electron chi connectivity index (χ2n) is 2.25. The first-order valence-electron chi connectivity index (χ1n) is 3.16. The molecule has 2 nitrogen and oxygen atoms in total. The molecule has 1 aliphatic rings. The van der Waals surface area contributed by atoms with Gasteiger partial charge in [-0.25, -0.2) is 0 Å². The van der Waals surface area contributed by atoms with Crippen LogP contribution in [0.5, 0.6) is 0 Å². The molecule has 1 saturated heterocycles. The molecule has 1 fully saturated rings. The summed E-state index contributed by atoms with van der Waals surface area (Å²) in [7, 11) is 0. The number of alkyl halides is 1. The van der Waals surface area contributed by atoms with Crippen molar-refractivity contribution in [1.29, 1.82) is 0 Å². The van der Waals surface area contributed by atoms with Crippen molar-refractivity contribution in [2.45, 2.75) is 18.9 Å². The van der Waals surface area contributed by atoms with Crippen molar-refractivity contribution in [2.24, 2.45) is 0 Å². The van der Waals surface area contributed by atoms with E-state index in [2.05, 4.69) is 21.2 Å². The summed E-state index contributed by atoms with van der Waals surface area (Å²) in [4.78, 5) is 10.9. The Morgan fingerprint density at radius 3 is 3.00 bits per heavy atom. The standard InChI is InChI=1S/C6H10BrNO/c7-4-6(9)5-2-1-3-8-5/h5,8H,1-4H2/t5-/m0/s1. The largest absolute Gasteiger partial charge is 0.307 e. The minimum Gasteiger partial charge on any atom is -0.307 e. The van der Waals surface area contributed by atoms with Crippen LogP contribution in [0, 0.1) is 0 Å². The van der Waals surface area contributed by atoms with E-state index in [4.69, 9.17) is 0 Å². The summed E-state index contributed by atoms with van der Waals surface area (Å²) in [5, 5.41) is 3.62. The average molecular weight is 192 g/mol. The molecule has 1 aliphatic heterocycles. The first-order chi connectivity index (χ1) is 4.34. The second-order valence-corrected chi connectivity index (χ2v) is 2.81. The highest BCUT2D eigenvalue weighted by molar-refractivity contribution is 9.09. The first-order valence-corrected chi connectivity index (χ1v) is 4.29. The Labute approximate surface area is 63.1 Å². The maximum atomic E-state index is 10.9. The third-order valence-corrected chi connectivity index (χ3v) is 2.13. The Hall–Kier alpha value is 0.110. The lowest BCUT2D eigenvalue weighted by Crippen LogP contribution is -2.31. The van der Waals surface area contributed by atoms with Crippen molar-refractivity contribution < 1.29 is 4.79 Å². The Morgan fingerprint density at radius 1 is 1.78 bits per heavy atom.